The van der Waals surface area contributed by atoms with E-state index in [1.165, 1.54) is 18.4 Å². The van der Waals surface area contributed by atoms with Crippen molar-refractivity contribution >= 4 is 0 Å². The van der Waals surface area contributed by atoms with Crippen LogP contribution in [0.5, 0.6) is 5.75 Å². The lowest BCUT2D eigenvalue weighted by molar-refractivity contribution is 0.225. The molecule has 1 aliphatic heterocycles. The molecule has 1 aromatic rings. The zero-order valence-electron chi connectivity index (χ0n) is 7.73. The standard InChI is InChI=1S/C11H10N2O/c12-5-7-4-11-9(6-13-7)8-2-1-3-10(8)14-11/h4,6,8,10H,1-3H2. The van der Waals surface area contributed by atoms with E-state index < -0.39 is 0 Å². The van der Waals surface area contributed by atoms with Gasteiger partial charge in [-0.05, 0) is 19.3 Å². The highest BCUT2D eigenvalue weighted by Crippen LogP contribution is 2.46. The Labute approximate surface area is 82.3 Å². The Morgan fingerprint density at radius 3 is 3.29 bits per heavy atom. The Balaban J connectivity index is 2.06. The molecule has 14 heavy (non-hydrogen) atoms. The highest BCUT2D eigenvalue weighted by molar-refractivity contribution is 5.43. The van der Waals surface area contributed by atoms with Crippen LogP contribution in [0.15, 0.2) is 12.3 Å². The van der Waals surface area contributed by atoms with Crippen molar-refractivity contribution in [1.82, 2.24) is 4.98 Å². The zero-order valence-corrected chi connectivity index (χ0v) is 7.73. The Morgan fingerprint density at radius 2 is 2.43 bits per heavy atom. The first-order chi connectivity index (χ1) is 6.88. The van der Waals surface area contributed by atoms with Crippen molar-refractivity contribution in [2.24, 2.45) is 0 Å². The Kier molecular flexibility index (Phi) is 1.51. The summed E-state index contributed by atoms with van der Waals surface area (Å²) in [6.45, 7) is 0. The molecule has 2 unspecified atom stereocenters. The van der Waals surface area contributed by atoms with Crippen molar-refractivity contribution in [2.45, 2.75) is 31.3 Å². The third-order valence-electron chi connectivity index (χ3n) is 3.14. The molecule has 70 valence electrons. The summed E-state index contributed by atoms with van der Waals surface area (Å²) < 4.78 is 5.78. The normalized spacial score (nSPS) is 27.6. The lowest BCUT2D eigenvalue weighted by Crippen LogP contribution is -2.10. The van der Waals surface area contributed by atoms with Crippen LogP contribution < -0.4 is 4.74 Å². The Morgan fingerprint density at radius 1 is 1.50 bits per heavy atom. The predicted molar refractivity (Wildman–Crippen MR) is 50.0 cm³/mol. The van der Waals surface area contributed by atoms with E-state index in [1.54, 1.807) is 6.07 Å². The first-order valence-corrected chi connectivity index (χ1v) is 4.95. The number of rotatable bonds is 0. The van der Waals surface area contributed by atoms with Crippen LogP contribution in [-0.2, 0) is 0 Å². The van der Waals surface area contributed by atoms with Gasteiger partial charge in [-0.1, -0.05) is 0 Å². The van der Waals surface area contributed by atoms with Gasteiger partial charge in [0.2, 0.25) is 0 Å². The fourth-order valence-corrected chi connectivity index (χ4v) is 2.48. The molecule has 1 aromatic heterocycles. The molecule has 3 rings (SSSR count). The molecular formula is C11H10N2O. The molecule has 0 N–H and O–H groups in total. The van der Waals surface area contributed by atoms with E-state index in [1.807, 2.05) is 12.3 Å². The van der Waals surface area contributed by atoms with Crippen LogP contribution >= 0.6 is 0 Å². The van der Waals surface area contributed by atoms with Gasteiger partial charge < -0.3 is 4.74 Å². The average Bonchev–Trinajstić information content (AvgIpc) is 2.75. The molecule has 0 saturated heterocycles. The van der Waals surface area contributed by atoms with E-state index >= 15 is 0 Å². The van der Waals surface area contributed by atoms with Crippen LogP contribution in [0.3, 0.4) is 0 Å². The number of ether oxygens (including phenoxy) is 1. The molecule has 0 aromatic carbocycles. The van der Waals surface area contributed by atoms with Gasteiger partial charge in [0.05, 0.1) is 0 Å². The molecule has 0 amide bonds. The first kappa shape index (κ1) is 7.81. The van der Waals surface area contributed by atoms with Gasteiger partial charge in [-0.3, -0.25) is 0 Å². The van der Waals surface area contributed by atoms with E-state index in [4.69, 9.17) is 10.00 Å². The summed E-state index contributed by atoms with van der Waals surface area (Å²) in [5, 5.41) is 8.70. The van der Waals surface area contributed by atoms with E-state index in [9.17, 15) is 0 Å². The summed E-state index contributed by atoms with van der Waals surface area (Å²) in [5.41, 5.74) is 1.65. The molecule has 2 atom stereocenters. The Hall–Kier alpha value is -1.56. The maximum atomic E-state index is 8.70. The van der Waals surface area contributed by atoms with E-state index in [-0.39, 0.29) is 0 Å². The number of fused-ring (bicyclic) bond motifs is 3. The van der Waals surface area contributed by atoms with Crippen LogP contribution in [0.2, 0.25) is 0 Å². The molecule has 1 aliphatic carbocycles. The van der Waals surface area contributed by atoms with E-state index in [2.05, 4.69) is 4.98 Å². The van der Waals surface area contributed by atoms with Crippen LogP contribution in [0.1, 0.15) is 36.4 Å². The quantitative estimate of drug-likeness (QED) is 0.622. The monoisotopic (exact) mass is 186 g/mol. The van der Waals surface area contributed by atoms with Crippen molar-refractivity contribution in [3.8, 4) is 11.8 Å². The van der Waals surface area contributed by atoms with Gasteiger partial charge in [0, 0.05) is 23.7 Å². The number of nitriles is 1. The zero-order chi connectivity index (χ0) is 9.54. The van der Waals surface area contributed by atoms with Gasteiger partial charge in [-0.15, -0.1) is 0 Å². The van der Waals surface area contributed by atoms with Crippen LogP contribution in [-0.4, -0.2) is 11.1 Å². The smallest absolute Gasteiger partial charge is 0.144 e. The summed E-state index contributed by atoms with van der Waals surface area (Å²) in [6, 6.07) is 3.79. The second kappa shape index (κ2) is 2.71. The first-order valence-electron chi connectivity index (χ1n) is 4.95. The van der Waals surface area contributed by atoms with Gasteiger partial charge in [0.15, 0.2) is 0 Å². The maximum Gasteiger partial charge on any atom is 0.144 e. The molecule has 1 saturated carbocycles. The number of nitrogens with zero attached hydrogens (tertiary/aromatic N) is 2. The third kappa shape index (κ3) is 0.941. The number of pyridine rings is 1. The topological polar surface area (TPSA) is 45.9 Å². The largest absolute Gasteiger partial charge is 0.489 e. The third-order valence-corrected chi connectivity index (χ3v) is 3.14. The van der Waals surface area contributed by atoms with Crippen molar-refractivity contribution in [2.75, 3.05) is 0 Å². The summed E-state index contributed by atoms with van der Waals surface area (Å²) in [7, 11) is 0. The minimum atomic E-state index is 0.348. The van der Waals surface area contributed by atoms with Crippen LogP contribution in [0.4, 0.5) is 0 Å². The minimum absolute atomic E-state index is 0.348. The highest BCUT2D eigenvalue weighted by atomic mass is 16.5. The SMILES string of the molecule is N#Cc1cc2c(cn1)C1CCCC1O2. The fraction of sp³-hybridized carbons (Fsp3) is 0.455. The number of hydrogen-bond donors (Lipinski definition) is 0. The van der Waals surface area contributed by atoms with Crippen molar-refractivity contribution in [3.05, 3.63) is 23.5 Å². The highest BCUT2D eigenvalue weighted by Gasteiger charge is 2.38. The predicted octanol–water partition coefficient (Wildman–Crippen LogP) is 1.98. The molecule has 3 nitrogen and oxygen atoms in total. The van der Waals surface area contributed by atoms with Crippen LogP contribution in [0, 0.1) is 11.3 Å². The van der Waals surface area contributed by atoms with E-state index in [0.717, 1.165) is 12.2 Å². The van der Waals surface area contributed by atoms with E-state index in [0.29, 0.717) is 17.7 Å². The molecule has 0 radical (unpaired) electrons. The van der Waals surface area contributed by atoms with Gasteiger partial charge in [-0.2, -0.15) is 5.26 Å². The molecule has 0 bridgehead atoms. The van der Waals surface area contributed by atoms with Crippen LogP contribution in [0.25, 0.3) is 0 Å². The number of aromatic nitrogens is 1. The lowest BCUT2D eigenvalue weighted by Gasteiger charge is -2.06. The molecular weight excluding hydrogens is 176 g/mol. The van der Waals surface area contributed by atoms with Gasteiger partial charge in [-0.25, -0.2) is 4.98 Å². The minimum Gasteiger partial charge on any atom is -0.489 e. The maximum absolute atomic E-state index is 8.70. The van der Waals surface area contributed by atoms with Crippen molar-refractivity contribution in [1.29, 1.82) is 5.26 Å². The van der Waals surface area contributed by atoms with Gasteiger partial charge >= 0.3 is 0 Å². The number of hydrogen-bond acceptors (Lipinski definition) is 3. The summed E-state index contributed by atoms with van der Waals surface area (Å²) in [4.78, 5) is 4.09. The molecule has 3 heteroatoms. The molecule has 2 heterocycles. The second-order valence-corrected chi connectivity index (χ2v) is 3.91. The lowest BCUT2D eigenvalue weighted by atomic mass is 9.99. The van der Waals surface area contributed by atoms with Gasteiger partial charge in [0.25, 0.3) is 0 Å². The molecule has 0 spiro atoms. The summed E-state index contributed by atoms with van der Waals surface area (Å²) in [5.74, 6) is 1.41. The van der Waals surface area contributed by atoms with Crippen molar-refractivity contribution in [3.63, 3.8) is 0 Å². The summed E-state index contributed by atoms with van der Waals surface area (Å²) >= 11 is 0. The fourth-order valence-electron chi connectivity index (χ4n) is 2.48. The average molecular weight is 186 g/mol. The van der Waals surface area contributed by atoms with Gasteiger partial charge in [0.1, 0.15) is 23.6 Å². The summed E-state index contributed by atoms with van der Waals surface area (Å²) in [6.07, 6.45) is 5.74. The molecule has 2 aliphatic rings. The Bertz CT molecular complexity index is 422. The molecule has 1 fully saturated rings. The van der Waals surface area contributed by atoms with Crippen molar-refractivity contribution < 1.29 is 4.74 Å². The second-order valence-electron chi connectivity index (χ2n) is 3.91.